The standard InChI is InChI=1S/C26H22BrClFNO3/c1-2-32-26(31)25-22(28)11-12-23(30-25)20-5-3-4-19(20)21-14-17(27)8-13-24(21)33-15-16-6-9-18(29)10-7-16/h6-14H,2-5,15H2,1H3. The first kappa shape index (κ1) is 23.5. The van der Waals surface area contributed by atoms with Crippen molar-refractivity contribution >= 4 is 44.6 Å². The molecule has 0 aliphatic heterocycles. The van der Waals surface area contributed by atoms with Crippen LogP contribution in [-0.4, -0.2) is 17.6 Å². The van der Waals surface area contributed by atoms with Gasteiger partial charge in [-0.2, -0.15) is 0 Å². The fourth-order valence-electron chi connectivity index (χ4n) is 3.88. The molecule has 1 heterocycles. The average molecular weight is 531 g/mol. The first-order valence-electron chi connectivity index (χ1n) is 10.7. The molecule has 4 rings (SSSR count). The van der Waals surface area contributed by atoms with Gasteiger partial charge >= 0.3 is 5.97 Å². The van der Waals surface area contributed by atoms with Crippen LogP contribution in [0.4, 0.5) is 4.39 Å². The smallest absolute Gasteiger partial charge is 0.358 e. The van der Waals surface area contributed by atoms with Crippen molar-refractivity contribution in [3.8, 4) is 5.75 Å². The normalized spacial score (nSPS) is 13.3. The minimum atomic E-state index is -0.532. The van der Waals surface area contributed by atoms with Crippen LogP contribution in [0, 0.1) is 5.82 Å². The van der Waals surface area contributed by atoms with E-state index in [9.17, 15) is 9.18 Å². The number of nitrogens with zero attached hydrogens (tertiary/aromatic N) is 1. The second-order valence-corrected chi connectivity index (χ2v) is 8.94. The summed E-state index contributed by atoms with van der Waals surface area (Å²) in [4.78, 5) is 16.8. The van der Waals surface area contributed by atoms with Crippen LogP contribution in [0.25, 0.3) is 11.1 Å². The molecule has 3 aromatic rings. The van der Waals surface area contributed by atoms with Gasteiger partial charge in [0.05, 0.1) is 17.3 Å². The molecule has 1 aromatic heterocycles. The zero-order valence-electron chi connectivity index (χ0n) is 18.0. The highest BCUT2D eigenvalue weighted by atomic mass is 79.9. The second kappa shape index (κ2) is 10.5. The Morgan fingerprint density at radius 2 is 1.85 bits per heavy atom. The number of hydrogen-bond donors (Lipinski definition) is 0. The van der Waals surface area contributed by atoms with Crippen molar-refractivity contribution in [2.75, 3.05) is 6.61 Å². The van der Waals surface area contributed by atoms with Gasteiger partial charge in [0, 0.05) is 10.0 Å². The molecule has 0 fully saturated rings. The number of carbonyl (C=O) groups is 1. The SMILES string of the molecule is CCOC(=O)c1nc(C2=C(c3cc(Br)ccc3OCc3ccc(F)cc3)CCC2)ccc1Cl. The predicted molar refractivity (Wildman–Crippen MR) is 131 cm³/mol. The Labute approximate surface area is 205 Å². The molecule has 0 radical (unpaired) electrons. The van der Waals surface area contributed by atoms with E-state index in [0.29, 0.717) is 12.3 Å². The highest BCUT2D eigenvalue weighted by Gasteiger charge is 2.24. The molecular formula is C26H22BrClFNO3. The van der Waals surface area contributed by atoms with Crippen molar-refractivity contribution in [2.45, 2.75) is 32.8 Å². The monoisotopic (exact) mass is 529 g/mol. The maximum atomic E-state index is 13.2. The molecular weight excluding hydrogens is 509 g/mol. The minimum Gasteiger partial charge on any atom is -0.488 e. The predicted octanol–water partition coefficient (Wildman–Crippen LogP) is 7.49. The van der Waals surface area contributed by atoms with Crippen LogP contribution in [-0.2, 0) is 11.3 Å². The molecule has 0 N–H and O–H groups in total. The van der Waals surface area contributed by atoms with Crippen molar-refractivity contribution in [1.29, 1.82) is 0 Å². The van der Waals surface area contributed by atoms with Gasteiger partial charge in [0.1, 0.15) is 18.2 Å². The molecule has 0 unspecified atom stereocenters. The van der Waals surface area contributed by atoms with Gasteiger partial charge in [-0.1, -0.05) is 39.7 Å². The Morgan fingerprint density at radius 3 is 2.61 bits per heavy atom. The number of pyridine rings is 1. The van der Waals surface area contributed by atoms with Gasteiger partial charge in [-0.05, 0) is 85.4 Å². The third kappa shape index (κ3) is 5.45. The zero-order chi connectivity index (χ0) is 23.4. The van der Waals surface area contributed by atoms with Crippen LogP contribution in [0.15, 0.2) is 59.1 Å². The van der Waals surface area contributed by atoms with Crippen molar-refractivity contribution in [3.05, 3.63) is 92.4 Å². The summed E-state index contributed by atoms with van der Waals surface area (Å²) >= 11 is 9.78. The summed E-state index contributed by atoms with van der Waals surface area (Å²) < 4.78 is 25.4. The molecule has 4 nitrogen and oxygen atoms in total. The van der Waals surface area contributed by atoms with Crippen LogP contribution >= 0.6 is 27.5 Å². The molecule has 0 saturated carbocycles. The second-order valence-electron chi connectivity index (χ2n) is 7.61. The van der Waals surface area contributed by atoms with E-state index in [0.717, 1.165) is 51.8 Å². The Bertz CT molecular complexity index is 1210. The Morgan fingerprint density at radius 1 is 1.09 bits per heavy atom. The molecule has 0 atom stereocenters. The fraction of sp³-hybridized carbons (Fsp3) is 0.231. The molecule has 7 heteroatoms. The summed E-state index contributed by atoms with van der Waals surface area (Å²) in [5, 5.41) is 0.267. The summed E-state index contributed by atoms with van der Waals surface area (Å²) in [6, 6.07) is 15.7. The Hall–Kier alpha value is -2.70. The van der Waals surface area contributed by atoms with Crippen LogP contribution in [0.1, 0.15) is 53.5 Å². The zero-order valence-corrected chi connectivity index (χ0v) is 20.4. The van der Waals surface area contributed by atoms with Crippen LogP contribution in [0.3, 0.4) is 0 Å². The first-order valence-corrected chi connectivity index (χ1v) is 11.9. The van der Waals surface area contributed by atoms with Crippen molar-refractivity contribution in [3.63, 3.8) is 0 Å². The van der Waals surface area contributed by atoms with Crippen LogP contribution in [0.5, 0.6) is 5.75 Å². The number of ether oxygens (including phenoxy) is 2. The average Bonchev–Trinajstić information content (AvgIpc) is 3.29. The maximum absolute atomic E-state index is 13.2. The van der Waals surface area contributed by atoms with Gasteiger partial charge in [0.15, 0.2) is 5.69 Å². The molecule has 0 saturated heterocycles. The van der Waals surface area contributed by atoms with Crippen molar-refractivity contribution in [1.82, 2.24) is 4.98 Å². The maximum Gasteiger partial charge on any atom is 0.358 e. The molecule has 170 valence electrons. The first-order chi connectivity index (χ1) is 16.0. The molecule has 1 aliphatic carbocycles. The van der Waals surface area contributed by atoms with Gasteiger partial charge in [-0.3, -0.25) is 0 Å². The molecule has 1 aliphatic rings. The van der Waals surface area contributed by atoms with E-state index in [4.69, 9.17) is 21.1 Å². The fourth-order valence-corrected chi connectivity index (χ4v) is 4.43. The van der Waals surface area contributed by atoms with E-state index in [2.05, 4.69) is 20.9 Å². The van der Waals surface area contributed by atoms with Gasteiger partial charge in [-0.15, -0.1) is 0 Å². The van der Waals surface area contributed by atoms with Crippen LogP contribution < -0.4 is 4.74 Å². The highest BCUT2D eigenvalue weighted by molar-refractivity contribution is 9.10. The third-order valence-corrected chi connectivity index (χ3v) is 6.21. The Balaban J connectivity index is 1.70. The number of carbonyl (C=O) groups excluding carboxylic acids is 1. The lowest BCUT2D eigenvalue weighted by Gasteiger charge is -2.15. The lowest BCUT2D eigenvalue weighted by Crippen LogP contribution is -2.09. The third-order valence-electron chi connectivity index (χ3n) is 5.42. The quantitative estimate of drug-likeness (QED) is 0.297. The van der Waals surface area contributed by atoms with Gasteiger partial charge < -0.3 is 9.47 Å². The Kier molecular flexibility index (Phi) is 7.46. The summed E-state index contributed by atoms with van der Waals surface area (Å²) in [6.07, 6.45) is 2.65. The van der Waals surface area contributed by atoms with E-state index < -0.39 is 5.97 Å². The number of allylic oxidation sites excluding steroid dienone is 2. The number of esters is 1. The number of benzene rings is 2. The highest BCUT2D eigenvalue weighted by Crippen LogP contribution is 2.43. The van der Waals surface area contributed by atoms with Crippen molar-refractivity contribution in [2.24, 2.45) is 0 Å². The van der Waals surface area contributed by atoms with E-state index >= 15 is 0 Å². The van der Waals surface area contributed by atoms with E-state index in [-0.39, 0.29) is 23.1 Å². The molecule has 2 aromatic carbocycles. The van der Waals surface area contributed by atoms with Crippen molar-refractivity contribution < 1.29 is 18.7 Å². The van der Waals surface area contributed by atoms with Gasteiger partial charge in [-0.25, -0.2) is 14.2 Å². The summed E-state index contributed by atoms with van der Waals surface area (Å²) in [7, 11) is 0. The van der Waals surface area contributed by atoms with Gasteiger partial charge in [0.2, 0.25) is 0 Å². The number of aromatic nitrogens is 1. The molecule has 0 bridgehead atoms. The van der Waals surface area contributed by atoms with E-state index in [1.165, 1.54) is 12.1 Å². The number of hydrogen-bond acceptors (Lipinski definition) is 4. The summed E-state index contributed by atoms with van der Waals surface area (Å²) in [5.41, 5.74) is 4.85. The lowest BCUT2D eigenvalue weighted by atomic mass is 9.99. The molecule has 33 heavy (non-hydrogen) atoms. The number of rotatable bonds is 7. The molecule has 0 amide bonds. The summed E-state index contributed by atoms with van der Waals surface area (Å²) in [5.74, 6) is -0.0757. The van der Waals surface area contributed by atoms with E-state index in [1.807, 2.05) is 24.3 Å². The minimum absolute atomic E-state index is 0.122. The van der Waals surface area contributed by atoms with E-state index in [1.54, 1.807) is 25.1 Å². The molecule has 0 spiro atoms. The largest absolute Gasteiger partial charge is 0.488 e. The van der Waals surface area contributed by atoms with Gasteiger partial charge in [0.25, 0.3) is 0 Å². The summed E-state index contributed by atoms with van der Waals surface area (Å²) in [6.45, 7) is 2.32. The van der Waals surface area contributed by atoms with Crippen LogP contribution in [0.2, 0.25) is 5.02 Å². The number of halogens is 3. The lowest BCUT2D eigenvalue weighted by molar-refractivity contribution is 0.0519. The topological polar surface area (TPSA) is 48.4 Å².